The summed E-state index contributed by atoms with van der Waals surface area (Å²) in [5, 5.41) is 11.6. The van der Waals surface area contributed by atoms with Gasteiger partial charge in [0.25, 0.3) is 0 Å². The van der Waals surface area contributed by atoms with Crippen LogP contribution in [-0.2, 0) is 0 Å². The van der Waals surface area contributed by atoms with E-state index in [0.29, 0.717) is 0 Å². The largest absolute Gasteiger partial charge is 0.388 e. The van der Waals surface area contributed by atoms with Crippen LogP contribution in [0.1, 0.15) is 0 Å². The fourth-order valence-corrected chi connectivity index (χ4v) is 0.605. The topological polar surface area (TPSA) is 32.3 Å². The van der Waals surface area contributed by atoms with E-state index in [9.17, 15) is 0 Å². The summed E-state index contributed by atoms with van der Waals surface area (Å²) < 4.78 is 0. The maximum atomic E-state index is 8.66. The summed E-state index contributed by atoms with van der Waals surface area (Å²) in [7, 11) is 1.78. The Morgan fingerprint density at radius 2 is 2.36 bits per heavy atom. The second kappa shape index (κ2) is 6.01. The van der Waals surface area contributed by atoms with E-state index in [1.807, 2.05) is 0 Å². The Labute approximate surface area is 71.9 Å². The van der Waals surface area contributed by atoms with Gasteiger partial charge in [0.05, 0.1) is 0 Å². The second-order valence-corrected chi connectivity index (χ2v) is 2.29. The van der Waals surface area contributed by atoms with Crippen molar-refractivity contribution in [2.75, 3.05) is 7.05 Å². The molecule has 1 unspecified atom stereocenters. The van der Waals surface area contributed by atoms with Crippen LogP contribution in [0.4, 0.5) is 0 Å². The third kappa shape index (κ3) is 5.70. The molecule has 0 aliphatic rings. The minimum atomic E-state index is -0.934. The monoisotopic (exact) mass is 173 g/mol. The zero-order valence-electron chi connectivity index (χ0n) is 6.42. The molecule has 0 radical (unpaired) electrons. The normalized spacial score (nSPS) is 15.0. The minimum absolute atomic E-state index is 0.847. The van der Waals surface area contributed by atoms with E-state index in [2.05, 4.69) is 11.9 Å². The van der Waals surface area contributed by atoms with Crippen molar-refractivity contribution in [2.24, 2.45) is 0 Å². The van der Waals surface area contributed by atoms with Gasteiger partial charge in [-0.25, -0.2) is 0 Å². The third-order valence-corrected chi connectivity index (χ3v) is 1.17. The van der Waals surface area contributed by atoms with Crippen molar-refractivity contribution in [1.82, 2.24) is 5.32 Å². The van der Waals surface area contributed by atoms with Gasteiger partial charge >= 0.3 is 0 Å². The lowest BCUT2D eigenvalue weighted by Crippen LogP contribution is -2.03. The smallest absolute Gasteiger partial charge is 0.147 e. The Hall–Kier alpha value is -0.730. The van der Waals surface area contributed by atoms with Crippen LogP contribution in [0, 0.1) is 0 Å². The first-order valence-corrected chi connectivity index (χ1v) is 3.65. The van der Waals surface area contributed by atoms with Gasteiger partial charge in [-0.1, -0.05) is 24.3 Å². The number of rotatable bonds is 4. The summed E-state index contributed by atoms with van der Waals surface area (Å²) in [4.78, 5) is 0. The van der Waals surface area contributed by atoms with Crippen LogP contribution in [-0.4, -0.2) is 17.7 Å². The van der Waals surface area contributed by atoms with Gasteiger partial charge in [-0.2, -0.15) is 0 Å². The van der Waals surface area contributed by atoms with Crippen molar-refractivity contribution >= 4 is 11.6 Å². The van der Waals surface area contributed by atoms with E-state index >= 15 is 0 Å². The van der Waals surface area contributed by atoms with Crippen molar-refractivity contribution < 1.29 is 5.11 Å². The summed E-state index contributed by atoms with van der Waals surface area (Å²) in [6.45, 7) is 3.53. The van der Waals surface area contributed by atoms with Crippen LogP contribution in [0.15, 0.2) is 36.6 Å². The molecule has 0 heterocycles. The number of nitrogens with one attached hydrogen (secondary N) is 1. The number of aliphatic hydroxyl groups excluding tert-OH is 1. The summed E-state index contributed by atoms with van der Waals surface area (Å²) in [6.07, 6.45) is 6.57. The molecule has 3 heteroatoms. The number of hydrogen-bond donors (Lipinski definition) is 2. The first-order valence-electron chi connectivity index (χ1n) is 3.21. The molecule has 11 heavy (non-hydrogen) atoms. The summed E-state index contributed by atoms with van der Waals surface area (Å²) >= 11 is 5.27. The zero-order chi connectivity index (χ0) is 8.69. The van der Waals surface area contributed by atoms with E-state index in [0.717, 1.165) is 5.70 Å². The molecule has 2 nitrogen and oxygen atoms in total. The minimum Gasteiger partial charge on any atom is -0.388 e. The van der Waals surface area contributed by atoms with E-state index < -0.39 is 5.56 Å². The average Bonchev–Trinajstić information content (AvgIpc) is 1.97. The molecule has 0 aromatic heterocycles. The second-order valence-electron chi connectivity index (χ2n) is 1.84. The van der Waals surface area contributed by atoms with Gasteiger partial charge in [0.15, 0.2) is 0 Å². The lowest BCUT2D eigenvalue weighted by molar-refractivity contribution is 0.303. The maximum absolute atomic E-state index is 8.66. The van der Waals surface area contributed by atoms with Crippen LogP contribution in [0.5, 0.6) is 0 Å². The number of hydrogen-bond acceptors (Lipinski definition) is 2. The lowest BCUT2D eigenvalue weighted by Gasteiger charge is -1.98. The van der Waals surface area contributed by atoms with Crippen molar-refractivity contribution in [3.05, 3.63) is 36.6 Å². The van der Waals surface area contributed by atoms with Gasteiger partial charge in [-0.15, -0.1) is 0 Å². The molecule has 0 saturated heterocycles. The molecule has 0 fully saturated rings. The number of likely N-dealkylation sites (N-methyl/N-ethyl adjacent to an activating group) is 1. The average molecular weight is 174 g/mol. The fourth-order valence-electron chi connectivity index (χ4n) is 0.532. The molecule has 1 atom stereocenters. The number of alkyl halides is 1. The first kappa shape index (κ1) is 10.3. The molecule has 0 aliphatic carbocycles. The Balaban J connectivity index is 4.07. The van der Waals surface area contributed by atoms with Crippen molar-refractivity contribution in [2.45, 2.75) is 5.56 Å². The van der Waals surface area contributed by atoms with Crippen molar-refractivity contribution in [3.8, 4) is 0 Å². The molecule has 0 aromatic rings. The van der Waals surface area contributed by atoms with Crippen LogP contribution < -0.4 is 5.32 Å². The molecule has 0 saturated carbocycles. The standard InChI is InChI=1S/C8H12ClNO/c1-3-4-7(10-2)5-6-8(9)11/h3-6,8,10-11H,1H2,2H3/b6-5+,7-4+. The van der Waals surface area contributed by atoms with Crippen molar-refractivity contribution in [3.63, 3.8) is 0 Å². The Bertz CT molecular complexity index is 173. The van der Waals surface area contributed by atoms with E-state index in [1.54, 1.807) is 25.3 Å². The van der Waals surface area contributed by atoms with Crippen LogP contribution in [0.25, 0.3) is 0 Å². The molecule has 0 aromatic carbocycles. The number of halogens is 1. The number of allylic oxidation sites excluding steroid dienone is 3. The predicted molar refractivity (Wildman–Crippen MR) is 48.3 cm³/mol. The van der Waals surface area contributed by atoms with Gasteiger partial charge in [-0.05, 0) is 18.2 Å². The van der Waals surface area contributed by atoms with Crippen LogP contribution in [0.3, 0.4) is 0 Å². The Kier molecular flexibility index (Phi) is 5.61. The lowest BCUT2D eigenvalue weighted by atomic mass is 10.3. The first-order chi connectivity index (χ1) is 5.20. The predicted octanol–water partition coefficient (Wildman–Crippen LogP) is 1.39. The molecule has 2 N–H and O–H groups in total. The molecule has 0 spiro atoms. The highest BCUT2D eigenvalue weighted by Gasteiger charge is 1.88. The molecule has 0 bridgehead atoms. The fraction of sp³-hybridized carbons (Fsp3) is 0.250. The SMILES string of the molecule is C=C/C=C(\C=C\C(O)Cl)NC. The van der Waals surface area contributed by atoms with E-state index in [4.69, 9.17) is 16.7 Å². The van der Waals surface area contributed by atoms with E-state index in [1.165, 1.54) is 6.08 Å². The summed E-state index contributed by atoms with van der Waals surface area (Å²) in [5.74, 6) is 0. The highest BCUT2D eigenvalue weighted by molar-refractivity contribution is 6.20. The maximum Gasteiger partial charge on any atom is 0.147 e. The Morgan fingerprint density at radius 1 is 1.73 bits per heavy atom. The quantitative estimate of drug-likeness (QED) is 0.498. The van der Waals surface area contributed by atoms with Gasteiger partial charge in [-0.3, -0.25) is 0 Å². The third-order valence-electron chi connectivity index (χ3n) is 1.02. The molecule has 0 aliphatic heterocycles. The van der Waals surface area contributed by atoms with Gasteiger partial charge in [0, 0.05) is 12.7 Å². The molecule has 0 amide bonds. The zero-order valence-corrected chi connectivity index (χ0v) is 7.17. The summed E-state index contributed by atoms with van der Waals surface area (Å²) in [5.41, 5.74) is -0.0868. The van der Waals surface area contributed by atoms with Crippen molar-refractivity contribution in [1.29, 1.82) is 0 Å². The molecular formula is C8H12ClNO. The summed E-state index contributed by atoms with van der Waals surface area (Å²) in [6, 6.07) is 0. The van der Waals surface area contributed by atoms with Gasteiger partial charge < -0.3 is 10.4 Å². The Morgan fingerprint density at radius 3 is 2.73 bits per heavy atom. The van der Waals surface area contributed by atoms with Gasteiger partial charge in [0.1, 0.15) is 5.56 Å². The number of aliphatic hydroxyl groups is 1. The van der Waals surface area contributed by atoms with Crippen LogP contribution in [0.2, 0.25) is 0 Å². The van der Waals surface area contributed by atoms with Crippen LogP contribution >= 0.6 is 11.6 Å². The molecule has 62 valence electrons. The highest BCUT2D eigenvalue weighted by Crippen LogP contribution is 1.96. The van der Waals surface area contributed by atoms with Gasteiger partial charge in [0.2, 0.25) is 0 Å². The highest BCUT2D eigenvalue weighted by atomic mass is 35.5. The molecular weight excluding hydrogens is 162 g/mol. The van der Waals surface area contributed by atoms with E-state index in [-0.39, 0.29) is 0 Å². The molecule has 0 rings (SSSR count).